The molecule has 0 saturated carbocycles. The molecule has 0 aliphatic heterocycles. The minimum atomic E-state index is 1.23. The van der Waals surface area contributed by atoms with Gasteiger partial charge in [0.2, 0.25) is 0 Å². The molecular formula is C31H24. The maximum Gasteiger partial charge on any atom is -0.0105 e. The van der Waals surface area contributed by atoms with Gasteiger partial charge < -0.3 is 0 Å². The van der Waals surface area contributed by atoms with Crippen molar-refractivity contribution < 1.29 is 0 Å². The van der Waals surface area contributed by atoms with Crippen LogP contribution in [0.25, 0.3) is 44.5 Å². The minimum Gasteiger partial charge on any atom is -0.0622 e. The van der Waals surface area contributed by atoms with E-state index in [9.17, 15) is 0 Å². The van der Waals surface area contributed by atoms with Crippen LogP contribution in [0.15, 0.2) is 127 Å². The van der Waals surface area contributed by atoms with Crippen LogP contribution >= 0.6 is 0 Å². The normalized spacial score (nSPS) is 10.7. The van der Waals surface area contributed by atoms with Gasteiger partial charge in [0.25, 0.3) is 0 Å². The molecule has 0 heteroatoms. The van der Waals surface area contributed by atoms with Crippen LogP contribution in [-0.4, -0.2) is 0 Å². The van der Waals surface area contributed by atoms with Gasteiger partial charge in [-0.15, -0.1) is 0 Å². The van der Waals surface area contributed by atoms with Gasteiger partial charge in [0, 0.05) is 0 Å². The van der Waals surface area contributed by atoms with Crippen molar-refractivity contribution >= 4 is 0 Å². The number of hydrogen-bond acceptors (Lipinski definition) is 0. The van der Waals surface area contributed by atoms with E-state index in [-0.39, 0.29) is 0 Å². The van der Waals surface area contributed by atoms with Crippen LogP contribution in [0.5, 0.6) is 0 Å². The average molecular weight is 397 g/mol. The van der Waals surface area contributed by atoms with Crippen molar-refractivity contribution in [2.24, 2.45) is 0 Å². The van der Waals surface area contributed by atoms with Gasteiger partial charge in [-0.2, -0.15) is 0 Å². The van der Waals surface area contributed by atoms with E-state index < -0.39 is 0 Å². The van der Waals surface area contributed by atoms with Gasteiger partial charge in [-0.1, -0.05) is 127 Å². The summed E-state index contributed by atoms with van der Waals surface area (Å²) in [5, 5.41) is 0. The van der Waals surface area contributed by atoms with Gasteiger partial charge in [0.15, 0.2) is 0 Å². The molecule has 0 heterocycles. The lowest BCUT2D eigenvalue weighted by Crippen LogP contribution is -1.86. The molecule has 0 nitrogen and oxygen atoms in total. The summed E-state index contributed by atoms with van der Waals surface area (Å²) in [4.78, 5) is 0. The van der Waals surface area contributed by atoms with Gasteiger partial charge >= 0.3 is 0 Å². The third kappa shape index (κ3) is 4.06. The Morgan fingerprint density at radius 3 is 1.32 bits per heavy atom. The van der Waals surface area contributed by atoms with Crippen molar-refractivity contribution in [1.29, 1.82) is 0 Å². The molecule has 0 radical (unpaired) electrons. The molecule has 0 aliphatic rings. The second-order valence-electron chi connectivity index (χ2n) is 7.94. The van der Waals surface area contributed by atoms with Gasteiger partial charge in [0.1, 0.15) is 0 Å². The van der Waals surface area contributed by atoms with Crippen molar-refractivity contribution in [2.75, 3.05) is 0 Å². The van der Waals surface area contributed by atoms with E-state index in [0.29, 0.717) is 0 Å². The van der Waals surface area contributed by atoms with Gasteiger partial charge in [-0.05, 0) is 57.5 Å². The first-order chi connectivity index (χ1) is 15.3. The van der Waals surface area contributed by atoms with Gasteiger partial charge in [0.05, 0.1) is 0 Å². The standard InChI is InChI=1S/C31H24/c1-23-14-16-26(17-15-23)30-12-5-6-13-31(30)27-20-18-25(19-21-27)29-11-7-10-28(22-29)24-8-3-2-4-9-24/h2-22H,1H3. The predicted molar refractivity (Wildman–Crippen MR) is 133 cm³/mol. The molecule has 0 aromatic heterocycles. The van der Waals surface area contributed by atoms with E-state index in [4.69, 9.17) is 0 Å². The summed E-state index contributed by atoms with van der Waals surface area (Å²) in [6.07, 6.45) is 0. The molecule has 0 bridgehead atoms. The Labute approximate surface area is 184 Å². The molecule has 0 aliphatic carbocycles. The number of aryl methyl sites for hydroxylation is 1. The summed E-state index contributed by atoms with van der Waals surface area (Å²) in [6, 6.07) is 45.6. The molecule has 5 rings (SSSR count). The van der Waals surface area contributed by atoms with Crippen LogP contribution in [0, 0.1) is 6.92 Å². The van der Waals surface area contributed by atoms with Crippen LogP contribution in [0.1, 0.15) is 5.56 Å². The summed E-state index contributed by atoms with van der Waals surface area (Å²) in [5.74, 6) is 0. The zero-order valence-electron chi connectivity index (χ0n) is 17.6. The largest absolute Gasteiger partial charge is 0.0622 e. The van der Waals surface area contributed by atoms with E-state index in [1.165, 1.54) is 50.1 Å². The second-order valence-corrected chi connectivity index (χ2v) is 7.94. The fourth-order valence-corrected chi connectivity index (χ4v) is 4.07. The van der Waals surface area contributed by atoms with Crippen LogP contribution in [0.2, 0.25) is 0 Å². The first-order valence-corrected chi connectivity index (χ1v) is 10.7. The Kier molecular flexibility index (Phi) is 5.21. The highest BCUT2D eigenvalue weighted by Crippen LogP contribution is 2.34. The molecule has 0 N–H and O–H groups in total. The topological polar surface area (TPSA) is 0 Å². The zero-order valence-corrected chi connectivity index (χ0v) is 17.6. The molecular weight excluding hydrogens is 372 g/mol. The molecule has 0 unspecified atom stereocenters. The Bertz CT molecular complexity index is 1290. The maximum atomic E-state index is 2.27. The fraction of sp³-hybridized carbons (Fsp3) is 0.0323. The van der Waals surface area contributed by atoms with Crippen LogP contribution in [0.4, 0.5) is 0 Å². The zero-order chi connectivity index (χ0) is 21.0. The third-order valence-corrected chi connectivity index (χ3v) is 5.79. The predicted octanol–water partition coefficient (Wildman–Crippen LogP) is 8.66. The molecule has 5 aromatic carbocycles. The average Bonchev–Trinajstić information content (AvgIpc) is 2.85. The fourth-order valence-electron chi connectivity index (χ4n) is 4.07. The molecule has 0 saturated heterocycles. The van der Waals surface area contributed by atoms with Crippen LogP contribution in [0.3, 0.4) is 0 Å². The molecule has 31 heavy (non-hydrogen) atoms. The van der Waals surface area contributed by atoms with Crippen LogP contribution < -0.4 is 0 Å². The molecule has 0 atom stereocenters. The molecule has 0 fully saturated rings. The van der Waals surface area contributed by atoms with Crippen molar-refractivity contribution in [2.45, 2.75) is 6.92 Å². The first-order valence-electron chi connectivity index (χ1n) is 10.7. The molecule has 148 valence electrons. The van der Waals surface area contributed by atoms with E-state index in [1.807, 2.05) is 0 Å². The molecule has 0 spiro atoms. The Hall–Kier alpha value is -3.90. The quantitative estimate of drug-likeness (QED) is 0.285. The van der Waals surface area contributed by atoms with E-state index in [0.717, 1.165) is 0 Å². The summed E-state index contributed by atoms with van der Waals surface area (Å²) in [5.41, 5.74) is 11.2. The SMILES string of the molecule is Cc1ccc(-c2ccccc2-c2ccc(-c3cccc(-c4ccccc4)c3)cc2)cc1. The van der Waals surface area contributed by atoms with Gasteiger partial charge in [-0.25, -0.2) is 0 Å². The molecule has 5 aromatic rings. The summed E-state index contributed by atoms with van der Waals surface area (Å²) < 4.78 is 0. The summed E-state index contributed by atoms with van der Waals surface area (Å²) >= 11 is 0. The van der Waals surface area contributed by atoms with E-state index in [2.05, 4.69) is 134 Å². The highest BCUT2D eigenvalue weighted by molar-refractivity contribution is 5.84. The Morgan fingerprint density at radius 1 is 0.323 bits per heavy atom. The Balaban J connectivity index is 1.49. The van der Waals surface area contributed by atoms with Crippen molar-refractivity contribution in [3.8, 4) is 44.5 Å². The monoisotopic (exact) mass is 396 g/mol. The summed E-state index contributed by atoms with van der Waals surface area (Å²) in [6.45, 7) is 2.13. The van der Waals surface area contributed by atoms with Crippen molar-refractivity contribution in [3.05, 3.63) is 133 Å². The smallest absolute Gasteiger partial charge is 0.0105 e. The lowest BCUT2D eigenvalue weighted by atomic mass is 9.92. The lowest BCUT2D eigenvalue weighted by Gasteiger charge is -2.12. The van der Waals surface area contributed by atoms with E-state index >= 15 is 0 Å². The van der Waals surface area contributed by atoms with Gasteiger partial charge in [-0.3, -0.25) is 0 Å². The van der Waals surface area contributed by atoms with E-state index in [1.54, 1.807) is 0 Å². The lowest BCUT2D eigenvalue weighted by molar-refractivity contribution is 1.47. The van der Waals surface area contributed by atoms with Crippen molar-refractivity contribution in [1.82, 2.24) is 0 Å². The maximum absolute atomic E-state index is 2.27. The van der Waals surface area contributed by atoms with Crippen molar-refractivity contribution in [3.63, 3.8) is 0 Å². The highest BCUT2D eigenvalue weighted by atomic mass is 14.1. The number of hydrogen-bond donors (Lipinski definition) is 0. The first kappa shape index (κ1) is 19.1. The third-order valence-electron chi connectivity index (χ3n) is 5.79. The molecule has 0 amide bonds. The second kappa shape index (κ2) is 8.45. The summed E-state index contributed by atoms with van der Waals surface area (Å²) in [7, 11) is 0. The minimum absolute atomic E-state index is 1.23. The Morgan fingerprint density at radius 2 is 0.742 bits per heavy atom. The van der Waals surface area contributed by atoms with Crippen LogP contribution in [-0.2, 0) is 0 Å². The number of benzene rings is 5. The number of rotatable bonds is 4. The highest BCUT2D eigenvalue weighted by Gasteiger charge is 2.08.